The zero-order valence-electron chi connectivity index (χ0n) is 15.7. The number of hydrogen-bond acceptors (Lipinski definition) is 4. The third kappa shape index (κ3) is 4.09. The van der Waals surface area contributed by atoms with Gasteiger partial charge in [0.25, 0.3) is 0 Å². The summed E-state index contributed by atoms with van der Waals surface area (Å²) in [5.74, 6) is 0.800. The van der Waals surface area contributed by atoms with E-state index in [1.807, 2.05) is 17.9 Å². The van der Waals surface area contributed by atoms with Crippen LogP contribution in [0, 0.1) is 11.3 Å². The second-order valence-electron chi connectivity index (χ2n) is 8.51. The molecule has 1 saturated carbocycles. The lowest BCUT2D eigenvalue weighted by Crippen LogP contribution is -2.56. The number of aromatic nitrogens is 2. The van der Waals surface area contributed by atoms with Gasteiger partial charge in [-0.2, -0.15) is 5.10 Å². The van der Waals surface area contributed by atoms with Crippen LogP contribution in [-0.2, 0) is 23.1 Å². The maximum atomic E-state index is 6.30. The van der Waals surface area contributed by atoms with Gasteiger partial charge in [0.05, 0.1) is 18.9 Å². The predicted molar refractivity (Wildman–Crippen MR) is 97.3 cm³/mol. The maximum Gasteiger partial charge on any atom is 0.0677 e. The minimum absolute atomic E-state index is 0.192. The van der Waals surface area contributed by atoms with E-state index < -0.39 is 0 Å². The van der Waals surface area contributed by atoms with Gasteiger partial charge in [0.1, 0.15) is 0 Å². The third-order valence-electron chi connectivity index (χ3n) is 6.45. The van der Waals surface area contributed by atoms with Crippen LogP contribution in [-0.4, -0.2) is 53.7 Å². The summed E-state index contributed by atoms with van der Waals surface area (Å²) in [7, 11) is 1.99. The summed E-state index contributed by atoms with van der Waals surface area (Å²) in [5.41, 5.74) is 1.50. The summed E-state index contributed by atoms with van der Waals surface area (Å²) in [5, 5.41) is 4.32. The van der Waals surface area contributed by atoms with Gasteiger partial charge in [-0.3, -0.25) is 9.58 Å². The number of piperidine rings is 1. The molecule has 2 atom stereocenters. The predicted octanol–water partition coefficient (Wildman–Crippen LogP) is 3.00. The van der Waals surface area contributed by atoms with E-state index in [9.17, 15) is 0 Å². The molecule has 0 bridgehead atoms. The highest BCUT2D eigenvalue weighted by atomic mass is 16.5. The SMILES string of the molecule is Cn1cc(CN2CC[C@@H]3OCCC[C@]3(COCC3CCCC3)C2)cn1. The van der Waals surface area contributed by atoms with Gasteiger partial charge in [-0.1, -0.05) is 12.8 Å². The first kappa shape index (κ1) is 17.5. The fraction of sp³-hybridized carbons (Fsp3) is 0.850. The minimum atomic E-state index is 0.192. The van der Waals surface area contributed by atoms with Crippen molar-refractivity contribution in [3.05, 3.63) is 18.0 Å². The van der Waals surface area contributed by atoms with E-state index >= 15 is 0 Å². The van der Waals surface area contributed by atoms with Gasteiger partial charge in [-0.25, -0.2) is 0 Å². The molecule has 4 rings (SSSR count). The molecule has 2 aliphatic heterocycles. The zero-order valence-corrected chi connectivity index (χ0v) is 15.7. The molecule has 0 aromatic carbocycles. The van der Waals surface area contributed by atoms with Crippen LogP contribution >= 0.6 is 0 Å². The Morgan fingerprint density at radius 1 is 1.28 bits per heavy atom. The molecule has 0 amide bonds. The van der Waals surface area contributed by atoms with E-state index in [2.05, 4.69) is 16.2 Å². The van der Waals surface area contributed by atoms with Crippen LogP contribution < -0.4 is 0 Å². The largest absolute Gasteiger partial charge is 0.380 e. The quantitative estimate of drug-likeness (QED) is 0.793. The maximum absolute atomic E-state index is 6.30. The smallest absolute Gasteiger partial charge is 0.0677 e. The lowest BCUT2D eigenvalue weighted by molar-refractivity contribution is -0.155. The van der Waals surface area contributed by atoms with Gasteiger partial charge >= 0.3 is 0 Å². The fourth-order valence-electron chi connectivity index (χ4n) is 5.15. The van der Waals surface area contributed by atoms with Crippen molar-refractivity contribution in [3.63, 3.8) is 0 Å². The Hall–Kier alpha value is -0.910. The molecule has 0 unspecified atom stereocenters. The highest BCUT2D eigenvalue weighted by Gasteiger charge is 2.46. The molecule has 3 fully saturated rings. The van der Waals surface area contributed by atoms with Crippen molar-refractivity contribution in [2.45, 2.75) is 57.6 Å². The van der Waals surface area contributed by atoms with Gasteiger partial charge in [0, 0.05) is 57.1 Å². The topological polar surface area (TPSA) is 39.5 Å². The first-order chi connectivity index (χ1) is 12.2. The van der Waals surface area contributed by atoms with Gasteiger partial charge in [0.15, 0.2) is 0 Å². The normalized spacial score (nSPS) is 31.3. The van der Waals surface area contributed by atoms with Gasteiger partial charge in [0.2, 0.25) is 0 Å². The molecule has 25 heavy (non-hydrogen) atoms. The van der Waals surface area contributed by atoms with Crippen molar-refractivity contribution >= 4 is 0 Å². The number of fused-ring (bicyclic) bond motifs is 1. The van der Waals surface area contributed by atoms with Gasteiger partial charge in [-0.05, 0) is 38.0 Å². The van der Waals surface area contributed by atoms with Crippen LogP contribution in [0.2, 0.25) is 0 Å². The van der Waals surface area contributed by atoms with Crippen LogP contribution in [0.3, 0.4) is 0 Å². The number of aryl methyl sites for hydroxylation is 1. The van der Waals surface area contributed by atoms with E-state index in [-0.39, 0.29) is 5.41 Å². The number of ether oxygens (including phenoxy) is 2. The van der Waals surface area contributed by atoms with E-state index in [1.165, 1.54) is 44.1 Å². The summed E-state index contributed by atoms with van der Waals surface area (Å²) < 4.78 is 14.4. The fourth-order valence-corrected chi connectivity index (χ4v) is 5.15. The molecular weight excluding hydrogens is 314 g/mol. The summed E-state index contributed by atoms with van der Waals surface area (Å²) in [6, 6.07) is 0. The monoisotopic (exact) mass is 347 g/mol. The number of hydrogen-bond donors (Lipinski definition) is 0. The Kier molecular flexibility index (Phi) is 5.44. The molecule has 0 N–H and O–H groups in total. The molecule has 1 aliphatic carbocycles. The number of rotatable bonds is 6. The molecule has 1 aromatic rings. The Morgan fingerprint density at radius 3 is 2.96 bits per heavy atom. The minimum Gasteiger partial charge on any atom is -0.380 e. The van der Waals surface area contributed by atoms with E-state index in [0.29, 0.717) is 6.10 Å². The zero-order chi connectivity index (χ0) is 17.1. The highest BCUT2D eigenvalue weighted by Crippen LogP contribution is 2.41. The number of nitrogens with zero attached hydrogens (tertiary/aromatic N) is 3. The lowest BCUT2D eigenvalue weighted by atomic mass is 9.73. The molecule has 3 heterocycles. The molecular formula is C20H33N3O2. The third-order valence-corrected chi connectivity index (χ3v) is 6.45. The van der Waals surface area contributed by atoms with Crippen LogP contribution in [0.5, 0.6) is 0 Å². The second kappa shape index (κ2) is 7.77. The van der Waals surface area contributed by atoms with Crippen molar-refractivity contribution in [3.8, 4) is 0 Å². The van der Waals surface area contributed by atoms with Crippen molar-refractivity contribution in [2.75, 3.05) is 32.9 Å². The summed E-state index contributed by atoms with van der Waals surface area (Å²) in [6.45, 7) is 5.96. The Labute approximate surface area is 151 Å². The molecule has 2 saturated heterocycles. The van der Waals surface area contributed by atoms with E-state index in [4.69, 9.17) is 9.47 Å². The first-order valence-electron chi connectivity index (χ1n) is 10.1. The van der Waals surface area contributed by atoms with E-state index in [1.54, 1.807) is 0 Å². The van der Waals surface area contributed by atoms with Crippen molar-refractivity contribution < 1.29 is 9.47 Å². The Morgan fingerprint density at radius 2 is 2.16 bits per heavy atom. The number of likely N-dealkylation sites (tertiary alicyclic amines) is 1. The average molecular weight is 348 g/mol. The molecule has 140 valence electrons. The van der Waals surface area contributed by atoms with Crippen LogP contribution in [0.1, 0.15) is 50.5 Å². The second-order valence-corrected chi connectivity index (χ2v) is 8.51. The van der Waals surface area contributed by atoms with Crippen molar-refractivity contribution in [1.29, 1.82) is 0 Å². The average Bonchev–Trinajstić information content (AvgIpc) is 3.26. The van der Waals surface area contributed by atoms with Crippen molar-refractivity contribution in [1.82, 2.24) is 14.7 Å². The summed E-state index contributed by atoms with van der Waals surface area (Å²) >= 11 is 0. The van der Waals surface area contributed by atoms with Crippen LogP contribution in [0.25, 0.3) is 0 Å². The Balaban J connectivity index is 1.37. The molecule has 0 radical (unpaired) electrons. The summed E-state index contributed by atoms with van der Waals surface area (Å²) in [6.07, 6.45) is 13.6. The summed E-state index contributed by atoms with van der Waals surface area (Å²) in [4.78, 5) is 2.58. The van der Waals surface area contributed by atoms with Crippen molar-refractivity contribution in [2.24, 2.45) is 18.4 Å². The van der Waals surface area contributed by atoms with Crippen LogP contribution in [0.4, 0.5) is 0 Å². The van der Waals surface area contributed by atoms with Crippen LogP contribution in [0.15, 0.2) is 12.4 Å². The molecule has 5 nitrogen and oxygen atoms in total. The van der Waals surface area contributed by atoms with E-state index in [0.717, 1.165) is 51.8 Å². The molecule has 1 aromatic heterocycles. The molecule has 5 heteroatoms. The first-order valence-corrected chi connectivity index (χ1v) is 10.1. The standard InChI is InChI=1S/C20H33N3O2/c1-22-12-18(11-21-22)13-23-9-7-19-20(15-23,8-4-10-25-19)16-24-14-17-5-2-3-6-17/h11-12,17,19H,2-10,13-16H2,1H3/t19-,20+/m0/s1. The lowest BCUT2D eigenvalue weighted by Gasteiger charge is -2.50. The molecule has 0 spiro atoms. The van der Waals surface area contributed by atoms with Gasteiger partial charge in [-0.15, -0.1) is 0 Å². The Bertz CT molecular complexity index is 555. The van der Waals surface area contributed by atoms with Gasteiger partial charge < -0.3 is 9.47 Å². The highest BCUT2D eigenvalue weighted by molar-refractivity contribution is 5.05. The molecule has 3 aliphatic rings.